The highest BCUT2D eigenvalue weighted by Gasteiger charge is 2.31. The number of anilines is 1. The molecule has 29 heavy (non-hydrogen) atoms. The highest BCUT2D eigenvalue weighted by Crippen LogP contribution is 2.33. The van der Waals surface area contributed by atoms with Gasteiger partial charge in [-0.1, -0.05) is 47.1 Å². The van der Waals surface area contributed by atoms with Crippen molar-refractivity contribution in [2.45, 2.75) is 12.6 Å². The Morgan fingerprint density at radius 2 is 2.07 bits per heavy atom. The third kappa shape index (κ3) is 4.07. The fourth-order valence-corrected chi connectivity index (χ4v) is 3.22. The Balaban J connectivity index is 1.45. The van der Waals surface area contributed by atoms with Crippen LogP contribution in [-0.4, -0.2) is 46.5 Å². The van der Waals surface area contributed by atoms with E-state index in [9.17, 15) is 9.59 Å². The molecule has 2 aromatic carbocycles. The first kappa shape index (κ1) is 18.9. The smallest absolute Gasteiger partial charge is 0.274 e. The van der Waals surface area contributed by atoms with Crippen LogP contribution < -0.4 is 15.0 Å². The number of ether oxygens (including phenoxy) is 1. The van der Waals surface area contributed by atoms with Crippen LogP contribution in [0.3, 0.4) is 0 Å². The lowest BCUT2D eigenvalue weighted by Gasteiger charge is -2.20. The molecule has 1 atom stereocenters. The van der Waals surface area contributed by atoms with Gasteiger partial charge < -0.3 is 15.0 Å². The summed E-state index contributed by atoms with van der Waals surface area (Å²) >= 11 is 6.02. The fraction of sp³-hybridized carbons (Fsp3) is 0.200. The van der Waals surface area contributed by atoms with E-state index in [4.69, 9.17) is 16.3 Å². The van der Waals surface area contributed by atoms with Crippen molar-refractivity contribution in [1.82, 2.24) is 20.3 Å². The Morgan fingerprint density at radius 3 is 2.86 bits per heavy atom. The number of likely N-dealkylation sites (N-methyl/N-ethyl adjacent to an activating group) is 1. The topological polar surface area (TPSA) is 89.4 Å². The molecule has 0 unspecified atom stereocenters. The maximum absolute atomic E-state index is 12.8. The summed E-state index contributed by atoms with van der Waals surface area (Å²) in [6, 6.07) is 13.9. The summed E-state index contributed by atoms with van der Waals surface area (Å²) in [6.07, 6.45) is 1.54. The van der Waals surface area contributed by atoms with Crippen LogP contribution in [0.25, 0.3) is 0 Å². The molecule has 8 nitrogen and oxygen atoms in total. The number of hydrogen-bond acceptors (Lipinski definition) is 5. The zero-order valence-corrected chi connectivity index (χ0v) is 16.3. The first-order valence-corrected chi connectivity index (χ1v) is 9.34. The second-order valence-corrected chi connectivity index (χ2v) is 7.07. The average Bonchev–Trinajstić information content (AvgIpc) is 3.16. The van der Waals surface area contributed by atoms with Gasteiger partial charge in [0.15, 0.2) is 5.69 Å². The minimum atomic E-state index is -0.863. The summed E-state index contributed by atoms with van der Waals surface area (Å²) in [5.41, 5.74) is 1.71. The fourth-order valence-electron chi connectivity index (χ4n) is 3.06. The van der Waals surface area contributed by atoms with Crippen LogP contribution in [0.1, 0.15) is 16.1 Å². The number of halogens is 1. The summed E-state index contributed by atoms with van der Waals surface area (Å²) < 4.78 is 7.27. The van der Waals surface area contributed by atoms with Crippen molar-refractivity contribution in [2.75, 3.05) is 18.6 Å². The van der Waals surface area contributed by atoms with E-state index in [1.54, 1.807) is 36.1 Å². The van der Waals surface area contributed by atoms with E-state index in [0.717, 1.165) is 5.56 Å². The average molecular weight is 412 g/mol. The van der Waals surface area contributed by atoms with Crippen molar-refractivity contribution in [3.63, 3.8) is 0 Å². The molecule has 0 spiro atoms. The highest BCUT2D eigenvalue weighted by molar-refractivity contribution is 6.31. The molecule has 0 saturated heterocycles. The molecule has 0 aliphatic carbocycles. The second-order valence-electron chi connectivity index (χ2n) is 6.63. The normalized spacial score (nSPS) is 16.0. The van der Waals surface area contributed by atoms with Crippen LogP contribution in [0.4, 0.5) is 5.69 Å². The van der Waals surface area contributed by atoms with Crippen LogP contribution >= 0.6 is 11.6 Å². The van der Waals surface area contributed by atoms with E-state index >= 15 is 0 Å². The number of hydrogen-bond donors (Lipinski definition) is 1. The van der Waals surface area contributed by atoms with Crippen LogP contribution in [0.5, 0.6) is 5.75 Å². The first-order chi connectivity index (χ1) is 14.0. The molecule has 0 fully saturated rings. The van der Waals surface area contributed by atoms with E-state index < -0.39 is 11.9 Å². The van der Waals surface area contributed by atoms with E-state index in [1.807, 2.05) is 30.3 Å². The van der Waals surface area contributed by atoms with E-state index in [2.05, 4.69) is 15.6 Å². The van der Waals surface area contributed by atoms with Gasteiger partial charge >= 0.3 is 0 Å². The molecule has 1 aliphatic heterocycles. The van der Waals surface area contributed by atoms with Gasteiger partial charge in [0, 0.05) is 12.1 Å². The van der Waals surface area contributed by atoms with Crippen molar-refractivity contribution >= 4 is 29.1 Å². The van der Waals surface area contributed by atoms with Gasteiger partial charge in [0.05, 0.1) is 18.4 Å². The number of nitrogens with one attached hydrogen (secondary N) is 1. The number of carbonyl (C=O) groups excluding carboxylic acids is 2. The molecule has 0 saturated carbocycles. The summed E-state index contributed by atoms with van der Waals surface area (Å²) in [5.74, 6) is -0.282. The molecule has 2 heterocycles. The quantitative estimate of drug-likeness (QED) is 0.710. The standard InChI is InChI=1S/C20H18ClN5O3/c1-25-17-9-14(21)7-8-18(17)29-12-16(20(25)28)22-19(27)15-11-26(24-23-15)10-13-5-3-2-4-6-13/h2-9,11,16H,10,12H2,1H3,(H,22,27)/t16-/m0/s1. The molecule has 3 aromatic rings. The predicted molar refractivity (Wildman–Crippen MR) is 107 cm³/mol. The zero-order chi connectivity index (χ0) is 20.4. The van der Waals surface area contributed by atoms with Gasteiger partial charge in [-0.05, 0) is 23.8 Å². The molecular formula is C20H18ClN5O3. The Bertz CT molecular complexity index is 1050. The number of amides is 2. The number of carbonyl (C=O) groups is 2. The van der Waals surface area contributed by atoms with E-state index in [-0.39, 0.29) is 18.2 Å². The van der Waals surface area contributed by atoms with Gasteiger partial charge in [0.2, 0.25) is 0 Å². The lowest BCUT2D eigenvalue weighted by atomic mass is 10.2. The lowest BCUT2D eigenvalue weighted by molar-refractivity contribution is -0.120. The molecule has 2 amide bonds. The van der Waals surface area contributed by atoms with Gasteiger partial charge in [-0.15, -0.1) is 5.10 Å². The minimum absolute atomic E-state index is 0.00168. The molecule has 4 rings (SSSR count). The number of rotatable bonds is 4. The molecule has 1 N–H and O–H groups in total. The van der Waals surface area contributed by atoms with Gasteiger partial charge in [-0.3, -0.25) is 9.59 Å². The molecule has 1 aliphatic rings. The number of fused-ring (bicyclic) bond motifs is 1. The first-order valence-electron chi connectivity index (χ1n) is 8.96. The van der Waals surface area contributed by atoms with Gasteiger partial charge in [-0.25, -0.2) is 4.68 Å². The summed E-state index contributed by atoms with van der Waals surface area (Å²) in [7, 11) is 1.61. The monoisotopic (exact) mass is 411 g/mol. The van der Waals surface area contributed by atoms with Crippen LogP contribution in [0, 0.1) is 0 Å². The second kappa shape index (κ2) is 7.92. The Labute approximate surface area is 172 Å². The van der Waals surface area contributed by atoms with Crippen molar-refractivity contribution in [1.29, 1.82) is 0 Å². The number of aromatic nitrogens is 3. The van der Waals surface area contributed by atoms with Crippen LogP contribution in [0.15, 0.2) is 54.7 Å². The van der Waals surface area contributed by atoms with Gasteiger partial charge in [-0.2, -0.15) is 0 Å². The molecule has 9 heteroatoms. The molecule has 0 radical (unpaired) electrons. The summed E-state index contributed by atoms with van der Waals surface area (Å²) in [5, 5.41) is 11.1. The maximum Gasteiger partial charge on any atom is 0.274 e. The van der Waals surface area contributed by atoms with Crippen LogP contribution in [0.2, 0.25) is 5.02 Å². The zero-order valence-electron chi connectivity index (χ0n) is 15.6. The van der Waals surface area contributed by atoms with Crippen molar-refractivity contribution in [3.8, 4) is 5.75 Å². The number of nitrogens with zero attached hydrogens (tertiary/aromatic N) is 4. The molecular weight excluding hydrogens is 394 g/mol. The summed E-state index contributed by atoms with van der Waals surface area (Å²) in [6.45, 7) is 0.493. The van der Waals surface area contributed by atoms with Gasteiger partial charge in [0.1, 0.15) is 18.4 Å². The highest BCUT2D eigenvalue weighted by atomic mass is 35.5. The Hall–Kier alpha value is -3.39. The van der Waals surface area contributed by atoms with Crippen molar-refractivity contribution in [2.24, 2.45) is 0 Å². The maximum atomic E-state index is 12.8. The van der Waals surface area contributed by atoms with Crippen molar-refractivity contribution in [3.05, 3.63) is 71.0 Å². The Kier molecular flexibility index (Phi) is 5.18. The summed E-state index contributed by atoms with van der Waals surface area (Å²) in [4.78, 5) is 26.8. The SMILES string of the molecule is CN1C(=O)[C@@H](NC(=O)c2cn(Cc3ccccc3)nn2)COc2ccc(Cl)cc21. The van der Waals surface area contributed by atoms with Gasteiger partial charge in [0.25, 0.3) is 11.8 Å². The van der Waals surface area contributed by atoms with E-state index in [1.165, 1.54) is 4.90 Å². The predicted octanol–water partition coefficient (Wildman–Crippen LogP) is 2.13. The minimum Gasteiger partial charge on any atom is -0.489 e. The van der Waals surface area contributed by atoms with Crippen molar-refractivity contribution < 1.29 is 14.3 Å². The Morgan fingerprint density at radius 1 is 1.28 bits per heavy atom. The lowest BCUT2D eigenvalue weighted by Crippen LogP contribution is -2.49. The number of benzene rings is 2. The van der Waals surface area contributed by atoms with E-state index in [0.29, 0.717) is 23.0 Å². The van der Waals surface area contributed by atoms with Crippen LogP contribution in [-0.2, 0) is 11.3 Å². The molecule has 1 aromatic heterocycles. The molecule has 0 bridgehead atoms. The third-order valence-electron chi connectivity index (χ3n) is 4.58. The third-order valence-corrected chi connectivity index (χ3v) is 4.82. The largest absolute Gasteiger partial charge is 0.489 e. The molecule has 148 valence electrons.